The molecule has 0 aromatic heterocycles. The van der Waals surface area contributed by atoms with E-state index in [1.165, 1.54) is 0 Å². The van der Waals surface area contributed by atoms with Crippen molar-refractivity contribution in [3.8, 4) is 0 Å². The molecule has 0 aliphatic rings. The number of carbonyl (C=O) groups excluding carboxylic acids is 1. The molecule has 0 rings (SSSR count). The Bertz CT molecular complexity index is 83.1. The molecular weight excluding hydrogens is 118 g/mol. The summed E-state index contributed by atoms with van der Waals surface area (Å²) in [6, 6.07) is 0. The van der Waals surface area contributed by atoms with Crippen molar-refractivity contribution in [1.29, 1.82) is 0 Å². The number of aldehydes is 1. The summed E-state index contributed by atoms with van der Waals surface area (Å²) in [5.41, 5.74) is 0. The van der Waals surface area contributed by atoms with Crippen LogP contribution < -0.4 is 5.90 Å². The van der Waals surface area contributed by atoms with E-state index in [-0.39, 0.29) is 6.10 Å². The Kier molecular flexibility index (Phi) is 4.26. The summed E-state index contributed by atoms with van der Waals surface area (Å²) >= 11 is 0. The highest BCUT2D eigenvalue weighted by Gasteiger charge is 2.10. The van der Waals surface area contributed by atoms with Crippen molar-refractivity contribution in [1.82, 2.24) is 0 Å². The number of nitrogens with two attached hydrogens (primary N) is 1. The van der Waals surface area contributed by atoms with Gasteiger partial charge in [-0.15, -0.1) is 0 Å². The highest BCUT2D eigenvalue weighted by molar-refractivity contribution is 5.50. The van der Waals surface area contributed by atoms with Crippen molar-refractivity contribution in [3.05, 3.63) is 0 Å². The first-order chi connectivity index (χ1) is 4.22. The zero-order valence-electron chi connectivity index (χ0n) is 5.83. The third-order valence-electron chi connectivity index (χ3n) is 1.25. The molecule has 0 saturated heterocycles. The summed E-state index contributed by atoms with van der Waals surface area (Å²) in [7, 11) is 0. The summed E-state index contributed by atoms with van der Waals surface area (Å²) in [6.45, 7) is 3.92. The minimum absolute atomic E-state index is 0.123. The lowest BCUT2D eigenvalue weighted by molar-refractivity contribution is -0.111. The lowest BCUT2D eigenvalue weighted by Gasteiger charge is -2.14. The van der Waals surface area contributed by atoms with Gasteiger partial charge in [0.2, 0.25) is 0 Å². The van der Waals surface area contributed by atoms with Gasteiger partial charge in [0.25, 0.3) is 0 Å². The summed E-state index contributed by atoms with van der Waals surface area (Å²) in [5.74, 6) is 5.21. The maximum atomic E-state index is 9.94. The lowest BCUT2D eigenvalue weighted by Crippen LogP contribution is -2.23. The van der Waals surface area contributed by atoms with E-state index in [4.69, 9.17) is 5.90 Å². The van der Waals surface area contributed by atoms with Gasteiger partial charge in [-0.05, 0) is 5.92 Å². The molecular formula is C6H13NO2. The highest BCUT2D eigenvalue weighted by Crippen LogP contribution is 2.05. The predicted molar refractivity (Wildman–Crippen MR) is 34.6 cm³/mol. The zero-order chi connectivity index (χ0) is 7.28. The number of hydrogen-bond acceptors (Lipinski definition) is 3. The van der Waals surface area contributed by atoms with Crippen LogP contribution in [0.25, 0.3) is 0 Å². The van der Waals surface area contributed by atoms with Crippen molar-refractivity contribution < 1.29 is 9.63 Å². The fourth-order valence-electron chi connectivity index (χ4n) is 0.580. The monoisotopic (exact) mass is 131 g/mol. The van der Waals surface area contributed by atoms with Crippen LogP contribution in [0.4, 0.5) is 0 Å². The fraction of sp³-hybridized carbons (Fsp3) is 0.833. The Balaban J connectivity index is 3.53. The Hall–Kier alpha value is -0.410. The Labute approximate surface area is 55.1 Å². The van der Waals surface area contributed by atoms with E-state index in [0.717, 1.165) is 6.29 Å². The SMILES string of the molecule is CC(C)C(CC=O)ON. The minimum Gasteiger partial charge on any atom is -0.303 e. The fourth-order valence-corrected chi connectivity index (χ4v) is 0.580. The summed E-state index contributed by atoms with van der Waals surface area (Å²) < 4.78 is 0. The second kappa shape index (κ2) is 4.47. The van der Waals surface area contributed by atoms with Gasteiger partial charge >= 0.3 is 0 Å². The van der Waals surface area contributed by atoms with Crippen molar-refractivity contribution in [2.75, 3.05) is 0 Å². The molecule has 0 radical (unpaired) electrons. The van der Waals surface area contributed by atoms with E-state index in [1.54, 1.807) is 0 Å². The van der Waals surface area contributed by atoms with Gasteiger partial charge in [0.05, 0.1) is 6.10 Å². The molecule has 3 heteroatoms. The molecule has 0 spiro atoms. The molecule has 0 aliphatic carbocycles. The van der Waals surface area contributed by atoms with Crippen LogP contribution in [0.15, 0.2) is 0 Å². The molecule has 0 heterocycles. The first-order valence-electron chi connectivity index (χ1n) is 3.01. The van der Waals surface area contributed by atoms with Gasteiger partial charge in [0.15, 0.2) is 0 Å². The lowest BCUT2D eigenvalue weighted by atomic mass is 10.1. The normalized spacial score (nSPS) is 13.8. The van der Waals surface area contributed by atoms with Gasteiger partial charge in [-0.2, -0.15) is 0 Å². The quantitative estimate of drug-likeness (QED) is 0.446. The molecule has 0 aromatic carbocycles. The van der Waals surface area contributed by atoms with Crippen molar-refractivity contribution in [2.24, 2.45) is 11.8 Å². The summed E-state index contributed by atoms with van der Waals surface area (Å²) in [4.78, 5) is 14.5. The molecule has 9 heavy (non-hydrogen) atoms. The van der Waals surface area contributed by atoms with Crippen LogP contribution in [-0.4, -0.2) is 12.4 Å². The average molecular weight is 131 g/mol. The molecule has 0 bridgehead atoms. The van der Waals surface area contributed by atoms with Crippen LogP contribution in [0.3, 0.4) is 0 Å². The van der Waals surface area contributed by atoms with E-state index < -0.39 is 0 Å². The topological polar surface area (TPSA) is 52.3 Å². The van der Waals surface area contributed by atoms with Crippen LogP contribution in [-0.2, 0) is 9.63 Å². The van der Waals surface area contributed by atoms with E-state index in [2.05, 4.69) is 4.84 Å². The predicted octanol–water partition coefficient (Wildman–Crippen LogP) is 0.490. The largest absolute Gasteiger partial charge is 0.303 e. The highest BCUT2D eigenvalue weighted by atomic mass is 16.6. The zero-order valence-corrected chi connectivity index (χ0v) is 5.83. The Morgan fingerprint density at radius 3 is 2.33 bits per heavy atom. The second-order valence-corrected chi connectivity index (χ2v) is 2.32. The van der Waals surface area contributed by atoms with Crippen LogP contribution >= 0.6 is 0 Å². The van der Waals surface area contributed by atoms with Crippen LogP contribution in [0.2, 0.25) is 0 Å². The smallest absolute Gasteiger partial charge is 0.122 e. The van der Waals surface area contributed by atoms with E-state index in [0.29, 0.717) is 12.3 Å². The first-order valence-corrected chi connectivity index (χ1v) is 3.01. The van der Waals surface area contributed by atoms with Crippen molar-refractivity contribution in [3.63, 3.8) is 0 Å². The minimum atomic E-state index is -0.123. The molecule has 0 fully saturated rings. The molecule has 3 nitrogen and oxygen atoms in total. The van der Waals surface area contributed by atoms with Gasteiger partial charge in [-0.1, -0.05) is 13.8 Å². The number of rotatable bonds is 4. The van der Waals surface area contributed by atoms with Crippen molar-refractivity contribution in [2.45, 2.75) is 26.4 Å². The Morgan fingerprint density at radius 1 is 1.67 bits per heavy atom. The molecule has 1 unspecified atom stereocenters. The van der Waals surface area contributed by atoms with Gasteiger partial charge in [-0.3, -0.25) is 0 Å². The molecule has 1 atom stereocenters. The third-order valence-corrected chi connectivity index (χ3v) is 1.25. The van der Waals surface area contributed by atoms with E-state index >= 15 is 0 Å². The van der Waals surface area contributed by atoms with Gasteiger partial charge < -0.3 is 9.63 Å². The molecule has 0 amide bonds. The maximum Gasteiger partial charge on any atom is 0.122 e. The maximum absolute atomic E-state index is 9.94. The summed E-state index contributed by atoms with van der Waals surface area (Å²) in [5, 5.41) is 0. The van der Waals surface area contributed by atoms with Crippen molar-refractivity contribution >= 4 is 6.29 Å². The van der Waals surface area contributed by atoms with Crippen LogP contribution in [0, 0.1) is 5.92 Å². The second-order valence-electron chi connectivity index (χ2n) is 2.32. The molecule has 0 aromatic rings. The van der Waals surface area contributed by atoms with Crippen LogP contribution in [0.5, 0.6) is 0 Å². The van der Waals surface area contributed by atoms with Gasteiger partial charge in [0.1, 0.15) is 6.29 Å². The van der Waals surface area contributed by atoms with E-state index in [1.807, 2.05) is 13.8 Å². The summed E-state index contributed by atoms with van der Waals surface area (Å²) in [6.07, 6.45) is 1.08. The molecule has 0 saturated carbocycles. The first kappa shape index (κ1) is 8.59. The van der Waals surface area contributed by atoms with Gasteiger partial charge in [-0.25, -0.2) is 5.90 Å². The number of hydrogen-bond donors (Lipinski definition) is 1. The average Bonchev–Trinajstić information content (AvgIpc) is 1.82. The van der Waals surface area contributed by atoms with Crippen LogP contribution in [0.1, 0.15) is 20.3 Å². The Morgan fingerprint density at radius 2 is 2.22 bits per heavy atom. The molecule has 2 N–H and O–H groups in total. The van der Waals surface area contributed by atoms with Gasteiger partial charge in [0, 0.05) is 6.42 Å². The van der Waals surface area contributed by atoms with E-state index in [9.17, 15) is 4.79 Å². The molecule has 0 aliphatic heterocycles. The molecule has 54 valence electrons. The third kappa shape index (κ3) is 3.21. The number of carbonyl (C=O) groups is 1. The standard InChI is InChI=1S/C6H13NO2/c1-5(2)6(9-7)3-4-8/h4-6H,3,7H2,1-2H3.